The summed E-state index contributed by atoms with van der Waals surface area (Å²) in [7, 11) is -1.75. The van der Waals surface area contributed by atoms with Gasteiger partial charge in [0, 0.05) is 36.4 Å². The Morgan fingerprint density at radius 3 is 2.74 bits per heavy atom. The SMILES string of the molecule is CC/C(=C\CN1CCSCC1S(C)(=O)=O)C(=O)OC. The summed E-state index contributed by atoms with van der Waals surface area (Å²) in [5, 5.41) is -0.460. The molecule has 0 N–H and O–H groups in total. The average Bonchev–Trinajstić information content (AvgIpc) is 2.38. The van der Waals surface area contributed by atoms with Crippen molar-refractivity contribution in [3.63, 3.8) is 0 Å². The van der Waals surface area contributed by atoms with Gasteiger partial charge in [0.15, 0.2) is 9.84 Å². The van der Waals surface area contributed by atoms with Crippen LogP contribution in [0.15, 0.2) is 11.6 Å². The van der Waals surface area contributed by atoms with Crippen LogP contribution >= 0.6 is 11.8 Å². The highest BCUT2D eigenvalue weighted by atomic mass is 32.2. The van der Waals surface area contributed by atoms with Crippen molar-refractivity contribution in [2.75, 3.05) is 38.0 Å². The standard InChI is InChI=1S/C12H21NO4S2/c1-4-10(12(14)17-2)5-6-13-7-8-18-9-11(13)19(3,15)16/h5,11H,4,6-9H2,1-3H3/b10-5+. The Labute approximate surface area is 119 Å². The molecular weight excluding hydrogens is 286 g/mol. The van der Waals surface area contributed by atoms with Gasteiger partial charge in [0.2, 0.25) is 0 Å². The molecule has 1 unspecified atom stereocenters. The first-order valence-corrected chi connectivity index (χ1v) is 9.29. The third-order valence-corrected chi connectivity index (χ3v) is 5.77. The Morgan fingerprint density at radius 1 is 1.53 bits per heavy atom. The summed E-state index contributed by atoms with van der Waals surface area (Å²) in [6, 6.07) is 0. The zero-order valence-corrected chi connectivity index (χ0v) is 13.2. The normalized spacial score (nSPS) is 22.3. The Morgan fingerprint density at radius 2 is 2.21 bits per heavy atom. The Bertz CT molecular complexity index is 445. The molecule has 1 atom stereocenters. The molecule has 1 saturated heterocycles. The summed E-state index contributed by atoms with van der Waals surface area (Å²) in [6.07, 6.45) is 3.63. The lowest BCUT2D eigenvalue weighted by Crippen LogP contribution is -2.46. The molecule has 5 nitrogen and oxygen atoms in total. The number of methoxy groups -OCH3 is 1. The van der Waals surface area contributed by atoms with Gasteiger partial charge in [-0.1, -0.05) is 13.0 Å². The molecule has 1 fully saturated rings. The Kier molecular flexibility index (Phi) is 6.35. The lowest BCUT2D eigenvalue weighted by Gasteiger charge is -2.33. The molecule has 0 aromatic rings. The van der Waals surface area contributed by atoms with Crippen molar-refractivity contribution in [3.05, 3.63) is 11.6 Å². The van der Waals surface area contributed by atoms with Gasteiger partial charge in [0.25, 0.3) is 0 Å². The van der Waals surface area contributed by atoms with E-state index in [2.05, 4.69) is 4.74 Å². The van der Waals surface area contributed by atoms with Gasteiger partial charge >= 0.3 is 5.97 Å². The third kappa shape index (κ3) is 4.81. The van der Waals surface area contributed by atoms with E-state index in [4.69, 9.17) is 0 Å². The van der Waals surface area contributed by atoms with Crippen LogP contribution in [0.2, 0.25) is 0 Å². The second-order valence-corrected chi connectivity index (χ2v) is 7.78. The quantitative estimate of drug-likeness (QED) is 0.556. The smallest absolute Gasteiger partial charge is 0.333 e. The second kappa shape index (κ2) is 7.31. The van der Waals surface area contributed by atoms with Crippen molar-refractivity contribution >= 4 is 27.6 Å². The van der Waals surface area contributed by atoms with E-state index >= 15 is 0 Å². The van der Waals surface area contributed by atoms with Gasteiger partial charge in [0.1, 0.15) is 5.37 Å². The average molecular weight is 307 g/mol. The number of hydrogen-bond acceptors (Lipinski definition) is 6. The summed E-state index contributed by atoms with van der Waals surface area (Å²) >= 11 is 1.65. The highest BCUT2D eigenvalue weighted by molar-refractivity contribution is 8.00. The lowest BCUT2D eigenvalue weighted by atomic mass is 10.2. The molecule has 0 radical (unpaired) electrons. The fourth-order valence-corrected chi connectivity index (χ4v) is 4.90. The monoisotopic (exact) mass is 307 g/mol. The van der Waals surface area contributed by atoms with Crippen molar-refractivity contribution < 1.29 is 17.9 Å². The number of esters is 1. The van der Waals surface area contributed by atoms with Gasteiger partial charge in [-0.25, -0.2) is 13.2 Å². The zero-order chi connectivity index (χ0) is 14.5. The van der Waals surface area contributed by atoms with Crippen LogP contribution in [0.25, 0.3) is 0 Å². The molecule has 19 heavy (non-hydrogen) atoms. The van der Waals surface area contributed by atoms with Gasteiger partial charge < -0.3 is 4.74 Å². The van der Waals surface area contributed by atoms with Crippen LogP contribution < -0.4 is 0 Å². The first-order valence-electron chi connectivity index (χ1n) is 6.18. The van der Waals surface area contributed by atoms with E-state index in [1.807, 2.05) is 11.8 Å². The minimum atomic E-state index is -3.10. The zero-order valence-electron chi connectivity index (χ0n) is 11.6. The van der Waals surface area contributed by atoms with Gasteiger partial charge in [-0.15, -0.1) is 0 Å². The number of hydrogen-bond donors (Lipinski definition) is 0. The number of carbonyl (C=O) groups is 1. The molecule has 1 rings (SSSR count). The fraction of sp³-hybridized carbons (Fsp3) is 0.750. The van der Waals surface area contributed by atoms with E-state index in [-0.39, 0.29) is 5.97 Å². The minimum absolute atomic E-state index is 0.343. The van der Waals surface area contributed by atoms with Crippen LogP contribution in [0.5, 0.6) is 0 Å². The van der Waals surface area contributed by atoms with E-state index in [0.29, 0.717) is 24.3 Å². The maximum atomic E-state index is 11.7. The highest BCUT2D eigenvalue weighted by Crippen LogP contribution is 2.20. The first kappa shape index (κ1) is 16.5. The third-order valence-electron chi connectivity index (χ3n) is 3.09. The van der Waals surface area contributed by atoms with Crippen LogP contribution in [0.4, 0.5) is 0 Å². The summed E-state index contributed by atoms with van der Waals surface area (Å²) in [4.78, 5) is 13.4. The van der Waals surface area contributed by atoms with E-state index in [9.17, 15) is 13.2 Å². The molecular formula is C12H21NO4S2. The molecule has 0 spiro atoms. The van der Waals surface area contributed by atoms with Gasteiger partial charge in [-0.3, -0.25) is 4.90 Å². The van der Waals surface area contributed by atoms with Crippen LogP contribution in [0, 0.1) is 0 Å². The van der Waals surface area contributed by atoms with E-state index in [0.717, 1.165) is 12.3 Å². The first-order chi connectivity index (χ1) is 8.90. The number of thioether (sulfide) groups is 1. The molecule has 0 aromatic heterocycles. The van der Waals surface area contributed by atoms with Gasteiger partial charge in [-0.05, 0) is 6.42 Å². The van der Waals surface area contributed by atoms with Crippen molar-refractivity contribution in [3.8, 4) is 0 Å². The highest BCUT2D eigenvalue weighted by Gasteiger charge is 2.30. The maximum absolute atomic E-state index is 11.7. The van der Waals surface area contributed by atoms with Crippen LogP contribution in [-0.2, 0) is 19.4 Å². The van der Waals surface area contributed by atoms with Crippen molar-refractivity contribution in [1.82, 2.24) is 4.90 Å². The van der Waals surface area contributed by atoms with Crippen molar-refractivity contribution in [1.29, 1.82) is 0 Å². The molecule has 0 saturated carbocycles. The van der Waals surface area contributed by atoms with Crippen LogP contribution in [0.1, 0.15) is 13.3 Å². The summed E-state index contributed by atoms with van der Waals surface area (Å²) in [5.74, 6) is 1.16. The topological polar surface area (TPSA) is 63.7 Å². The molecule has 1 aliphatic rings. The minimum Gasteiger partial charge on any atom is -0.466 e. The molecule has 1 heterocycles. The molecule has 7 heteroatoms. The summed E-state index contributed by atoms with van der Waals surface area (Å²) in [5.41, 5.74) is 0.591. The molecule has 0 bridgehead atoms. The van der Waals surface area contributed by atoms with Crippen LogP contribution in [0.3, 0.4) is 0 Å². The Balaban J connectivity index is 2.78. The van der Waals surface area contributed by atoms with Crippen molar-refractivity contribution in [2.45, 2.75) is 18.7 Å². The Hall–Kier alpha value is -0.530. The summed E-state index contributed by atoms with van der Waals surface area (Å²) < 4.78 is 28.2. The lowest BCUT2D eigenvalue weighted by molar-refractivity contribution is -0.136. The molecule has 110 valence electrons. The number of nitrogens with zero attached hydrogens (tertiary/aromatic N) is 1. The number of rotatable bonds is 5. The van der Waals surface area contributed by atoms with Crippen molar-refractivity contribution in [2.24, 2.45) is 0 Å². The predicted octanol–water partition coefficient (Wildman–Crippen LogP) is 0.915. The molecule has 1 aliphatic heterocycles. The van der Waals surface area contributed by atoms with E-state index < -0.39 is 15.2 Å². The largest absolute Gasteiger partial charge is 0.466 e. The summed E-state index contributed by atoms with van der Waals surface area (Å²) in [6.45, 7) is 3.07. The number of carbonyl (C=O) groups excluding carboxylic acids is 1. The number of sulfone groups is 1. The van der Waals surface area contributed by atoms with Gasteiger partial charge in [0.05, 0.1) is 7.11 Å². The van der Waals surface area contributed by atoms with E-state index in [1.54, 1.807) is 17.8 Å². The predicted molar refractivity (Wildman–Crippen MR) is 77.9 cm³/mol. The second-order valence-electron chi connectivity index (χ2n) is 4.43. The maximum Gasteiger partial charge on any atom is 0.333 e. The molecule has 0 amide bonds. The molecule has 0 aliphatic carbocycles. The fourth-order valence-electron chi connectivity index (χ4n) is 1.95. The van der Waals surface area contributed by atoms with Gasteiger partial charge in [-0.2, -0.15) is 11.8 Å². The number of ether oxygens (including phenoxy) is 1. The van der Waals surface area contributed by atoms with Crippen LogP contribution in [-0.4, -0.2) is 62.6 Å². The van der Waals surface area contributed by atoms with E-state index in [1.165, 1.54) is 13.4 Å². The molecule has 0 aromatic carbocycles.